The van der Waals surface area contributed by atoms with E-state index in [-0.39, 0.29) is 30.1 Å². The summed E-state index contributed by atoms with van der Waals surface area (Å²) in [5.74, 6) is 0.318. The van der Waals surface area contributed by atoms with Gasteiger partial charge in [-0.3, -0.25) is 9.69 Å². The van der Waals surface area contributed by atoms with Crippen molar-refractivity contribution in [2.75, 3.05) is 18.2 Å². The molecule has 2 fully saturated rings. The summed E-state index contributed by atoms with van der Waals surface area (Å²) in [7, 11) is -3.05. The summed E-state index contributed by atoms with van der Waals surface area (Å²) in [6.07, 6.45) is 1.14. The van der Waals surface area contributed by atoms with Crippen molar-refractivity contribution in [2.45, 2.75) is 45.3 Å². The van der Waals surface area contributed by atoms with Crippen molar-refractivity contribution >= 4 is 33.1 Å². The number of amides is 3. The van der Waals surface area contributed by atoms with Gasteiger partial charge in [-0.25, -0.2) is 18.1 Å². The summed E-state index contributed by atoms with van der Waals surface area (Å²) in [4.78, 5) is 29.2. The molecule has 2 aliphatic rings. The Hall–Kier alpha value is -1.45. The number of imide groups is 1. The van der Waals surface area contributed by atoms with Crippen LogP contribution in [0.3, 0.4) is 0 Å². The maximum absolute atomic E-state index is 12.6. The van der Waals surface area contributed by atoms with Crippen molar-refractivity contribution in [3.63, 3.8) is 0 Å². The summed E-state index contributed by atoms with van der Waals surface area (Å²) < 4.78 is 23.8. The van der Waals surface area contributed by atoms with Crippen LogP contribution in [0.1, 0.15) is 31.6 Å². The molecule has 144 valence electrons. The first-order valence-corrected chi connectivity index (χ1v) is 11.5. The Morgan fingerprint density at radius 3 is 2.73 bits per heavy atom. The summed E-state index contributed by atoms with van der Waals surface area (Å²) in [6, 6.07) is 2.87. The molecule has 0 aromatic carbocycles. The van der Waals surface area contributed by atoms with Crippen LogP contribution in [-0.4, -0.2) is 60.4 Å². The van der Waals surface area contributed by atoms with Crippen LogP contribution >= 0.6 is 11.3 Å². The molecule has 1 N–H and O–H groups in total. The van der Waals surface area contributed by atoms with Gasteiger partial charge in [0, 0.05) is 17.5 Å². The monoisotopic (exact) mass is 399 g/mol. The Kier molecular flexibility index (Phi) is 5.69. The number of carbonyl (C=O) groups is 2. The van der Waals surface area contributed by atoms with Gasteiger partial charge in [0.15, 0.2) is 9.84 Å². The predicted molar refractivity (Wildman–Crippen MR) is 100 cm³/mol. The van der Waals surface area contributed by atoms with Crippen molar-refractivity contribution in [3.05, 3.63) is 22.4 Å². The first-order valence-electron chi connectivity index (χ1n) is 8.84. The highest BCUT2D eigenvalue weighted by molar-refractivity contribution is 7.91. The van der Waals surface area contributed by atoms with Crippen LogP contribution in [0.4, 0.5) is 4.79 Å². The number of nitrogens with zero attached hydrogens (tertiary/aromatic N) is 2. The third kappa shape index (κ3) is 4.44. The van der Waals surface area contributed by atoms with E-state index in [9.17, 15) is 18.0 Å². The fraction of sp³-hybridized carbons (Fsp3) is 0.647. The summed E-state index contributed by atoms with van der Waals surface area (Å²) in [5, 5.41) is 4.71. The van der Waals surface area contributed by atoms with Crippen molar-refractivity contribution < 1.29 is 18.0 Å². The van der Waals surface area contributed by atoms with E-state index in [1.165, 1.54) is 4.90 Å². The van der Waals surface area contributed by atoms with Gasteiger partial charge in [-0.1, -0.05) is 19.9 Å². The molecule has 2 atom stereocenters. The maximum Gasteiger partial charge on any atom is 0.325 e. The fourth-order valence-electron chi connectivity index (χ4n) is 3.48. The molecule has 1 aromatic rings. The molecule has 0 radical (unpaired) electrons. The van der Waals surface area contributed by atoms with E-state index in [0.717, 1.165) is 4.88 Å². The molecule has 2 saturated heterocycles. The van der Waals surface area contributed by atoms with E-state index in [1.54, 1.807) is 11.3 Å². The SMILES string of the molecule is CC(C)CC1NC(=O)N(CN(Cc2cccs2)C2CCS(=O)(=O)C2)C1=O. The van der Waals surface area contributed by atoms with Gasteiger partial charge in [0.05, 0.1) is 18.2 Å². The second-order valence-electron chi connectivity index (χ2n) is 7.42. The van der Waals surface area contributed by atoms with Gasteiger partial charge in [-0.05, 0) is 30.2 Å². The Labute approximate surface area is 158 Å². The largest absolute Gasteiger partial charge is 0.326 e. The first-order chi connectivity index (χ1) is 12.2. The average molecular weight is 400 g/mol. The molecule has 26 heavy (non-hydrogen) atoms. The van der Waals surface area contributed by atoms with Crippen molar-refractivity contribution in [2.24, 2.45) is 5.92 Å². The van der Waals surface area contributed by atoms with Crippen molar-refractivity contribution in [3.8, 4) is 0 Å². The lowest BCUT2D eigenvalue weighted by atomic mass is 10.0. The summed E-state index contributed by atoms with van der Waals surface area (Å²) in [5.41, 5.74) is 0. The number of carbonyl (C=O) groups excluding carboxylic acids is 2. The topological polar surface area (TPSA) is 86.8 Å². The van der Waals surface area contributed by atoms with Crippen LogP contribution < -0.4 is 5.32 Å². The van der Waals surface area contributed by atoms with Crippen LogP contribution in [0.15, 0.2) is 17.5 Å². The minimum Gasteiger partial charge on any atom is -0.326 e. The maximum atomic E-state index is 12.6. The van der Waals surface area contributed by atoms with E-state index in [4.69, 9.17) is 0 Å². The van der Waals surface area contributed by atoms with Gasteiger partial charge >= 0.3 is 6.03 Å². The van der Waals surface area contributed by atoms with E-state index in [0.29, 0.717) is 25.3 Å². The van der Waals surface area contributed by atoms with Crippen LogP contribution in [0.5, 0.6) is 0 Å². The number of hydrogen-bond donors (Lipinski definition) is 1. The Balaban J connectivity index is 1.75. The predicted octanol–water partition coefficient (Wildman–Crippen LogP) is 1.66. The highest BCUT2D eigenvalue weighted by atomic mass is 32.2. The molecule has 2 unspecified atom stereocenters. The number of urea groups is 1. The minimum absolute atomic E-state index is 0.0808. The Bertz CT molecular complexity index is 761. The average Bonchev–Trinajstić information content (AvgIpc) is 3.23. The second-order valence-corrected chi connectivity index (χ2v) is 10.7. The molecule has 1 aromatic heterocycles. The molecule has 0 spiro atoms. The Morgan fingerprint density at radius 2 is 2.15 bits per heavy atom. The molecule has 2 aliphatic heterocycles. The molecule has 3 rings (SSSR count). The molecule has 7 nitrogen and oxygen atoms in total. The molecule has 0 bridgehead atoms. The van der Waals surface area contributed by atoms with Gasteiger partial charge in [-0.2, -0.15) is 0 Å². The van der Waals surface area contributed by atoms with E-state index < -0.39 is 21.9 Å². The number of nitrogens with one attached hydrogen (secondary N) is 1. The highest BCUT2D eigenvalue weighted by Gasteiger charge is 2.41. The van der Waals surface area contributed by atoms with Crippen LogP contribution in [0.2, 0.25) is 0 Å². The standard InChI is InChI=1S/C17H25N3O4S2/c1-12(2)8-15-16(21)20(17(22)18-15)11-19(9-14-4-3-6-25-14)13-5-7-26(23,24)10-13/h3-4,6,12-13,15H,5,7-11H2,1-2H3,(H,18,22). The molecule has 0 aliphatic carbocycles. The summed E-state index contributed by atoms with van der Waals surface area (Å²) >= 11 is 1.58. The number of sulfone groups is 1. The number of hydrogen-bond acceptors (Lipinski definition) is 6. The van der Waals surface area contributed by atoms with E-state index >= 15 is 0 Å². The lowest BCUT2D eigenvalue weighted by Crippen LogP contribution is -2.46. The van der Waals surface area contributed by atoms with Crippen LogP contribution in [0.25, 0.3) is 0 Å². The van der Waals surface area contributed by atoms with Crippen LogP contribution in [0, 0.1) is 5.92 Å². The smallest absolute Gasteiger partial charge is 0.325 e. The van der Waals surface area contributed by atoms with Gasteiger partial charge < -0.3 is 5.32 Å². The Morgan fingerprint density at radius 1 is 1.38 bits per heavy atom. The van der Waals surface area contributed by atoms with Crippen LogP contribution in [-0.2, 0) is 21.2 Å². The van der Waals surface area contributed by atoms with Gasteiger partial charge in [0.25, 0.3) is 5.91 Å². The fourth-order valence-corrected chi connectivity index (χ4v) is 5.98. The lowest BCUT2D eigenvalue weighted by molar-refractivity contribution is -0.129. The molecule has 3 heterocycles. The quantitative estimate of drug-likeness (QED) is 0.705. The van der Waals surface area contributed by atoms with Gasteiger partial charge in [0.2, 0.25) is 0 Å². The second kappa shape index (κ2) is 7.66. The highest BCUT2D eigenvalue weighted by Crippen LogP contribution is 2.23. The molecular formula is C17H25N3O4S2. The molecular weight excluding hydrogens is 374 g/mol. The first kappa shape index (κ1) is 19.3. The number of thiophene rings is 1. The van der Waals surface area contributed by atoms with Crippen molar-refractivity contribution in [1.29, 1.82) is 0 Å². The zero-order valence-corrected chi connectivity index (χ0v) is 16.7. The van der Waals surface area contributed by atoms with E-state index in [2.05, 4.69) is 5.32 Å². The van der Waals surface area contributed by atoms with Crippen molar-refractivity contribution in [1.82, 2.24) is 15.1 Å². The van der Waals surface area contributed by atoms with E-state index in [1.807, 2.05) is 36.3 Å². The lowest BCUT2D eigenvalue weighted by Gasteiger charge is -2.30. The number of rotatable bonds is 7. The third-order valence-electron chi connectivity index (χ3n) is 4.80. The third-order valence-corrected chi connectivity index (χ3v) is 7.41. The zero-order valence-electron chi connectivity index (χ0n) is 15.1. The molecule has 0 saturated carbocycles. The molecule has 9 heteroatoms. The molecule has 3 amide bonds. The van der Waals surface area contributed by atoms with Gasteiger partial charge in [0.1, 0.15) is 6.04 Å². The van der Waals surface area contributed by atoms with Gasteiger partial charge in [-0.15, -0.1) is 11.3 Å². The normalized spacial score (nSPS) is 25.5. The summed E-state index contributed by atoms with van der Waals surface area (Å²) in [6.45, 7) is 4.67. The minimum atomic E-state index is -3.05. The zero-order chi connectivity index (χ0) is 18.9.